The minimum Gasteiger partial charge on any atom is -0.453 e. The molecule has 1 atom stereocenters. The molecule has 1 unspecified atom stereocenters. The molecule has 0 aliphatic heterocycles. The topological polar surface area (TPSA) is 39.2 Å². The van der Waals surface area contributed by atoms with Gasteiger partial charge in [0.05, 0.1) is 0 Å². The monoisotopic (exact) mass is 255 g/mol. The molecule has 2 aromatic carbocycles. The third-order valence-corrected chi connectivity index (χ3v) is 3.21. The van der Waals surface area contributed by atoms with Crippen LogP contribution >= 0.6 is 0 Å². The zero-order valence-corrected chi connectivity index (χ0v) is 10.6. The second-order valence-corrected chi connectivity index (χ2v) is 4.64. The van der Waals surface area contributed by atoms with Crippen molar-refractivity contribution >= 4 is 11.0 Å². The highest BCUT2D eigenvalue weighted by Crippen LogP contribution is 2.32. The Morgan fingerprint density at radius 1 is 1.11 bits per heavy atom. The maximum Gasteiger partial charge on any atom is 0.170 e. The summed E-state index contributed by atoms with van der Waals surface area (Å²) in [5.41, 5.74) is 8.15. The van der Waals surface area contributed by atoms with Gasteiger partial charge in [0, 0.05) is 17.0 Å². The van der Waals surface area contributed by atoms with Crippen molar-refractivity contribution in [2.75, 3.05) is 0 Å². The van der Waals surface area contributed by atoms with E-state index in [4.69, 9.17) is 10.2 Å². The molecule has 0 spiro atoms. The molecule has 3 heteroatoms. The minimum absolute atomic E-state index is 0.103. The van der Waals surface area contributed by atoms with E-state index in [9.17, 15) is 4.39 Å². The summed E-state index contributed by atoms with van der Waals surface area (Å²) in [5, 5.41) is 0.759. The van der Waals surface area contributed by atoms with Crippen molar-refractivity contribution in [3.63, 3.8) is 0 Å². The minimum atomic E-state index is -0.345. The molecule has 0 saturated heterocycles. The quantitative estimate of drug-likeness (QED) is 0.743. The number of hydrogen-bond acceptors (Lipinski definition) is 2. The molecule has 0 aliphatic rings. The molecule has 0 aliphatic carbocycles. The Kier molecular flexibility index (Phi) is 2.84. The number of fused-ring (bicyclic) bond motifs is 1. The van der Waals surface area contributed by atoms with Gasteiger partial charge in [-0.15, -0.1) is 0 Å². The van der Waals surface area contributed by atoms with Gasteiger partial charge in [-0.2, -0.15) is 0 Å². The van der Waals surface area contributed by atoms with E-state index in [0.29, 0.717) is 5.76 Å². The molecule has 0 saturated carbocycles. The molecule has 0 amide bonds. The fourth-order valence-corrected chi connectivity index (χ4v) is 2.28. The highest BCUT2D eigenvalue weighted by atomic mass is 19.1. The van der Waals surface area contributed by atoms with Gasteiger partial charge in [0.1, 0.15) is 5.76 Å². The number of furan rings is 1. The van der Waals surface area contributed by atoms with Gasteiger partial charge in [-0.25, -0.2) is 4.39 Å². The molecule has 19 heavy (non-hydrogen) atoms. The Bertz CT molecular complexity index is 730. The summed E-state index contributed by atoms with van der Waals surface area (Å²) >= 11 is 0. The summed E-state index contributed by atoms with van der Waals surface area (Å²) in [5.74, 6) is 0.301. The van der Waals surface area contributed by atoms with Crippen LogP contribution in [0.25, 0.3) is 22.3 Å². The van der Waals surface area contributed by atoms with Crippen LogP contribution in [0.15, 0.2) is 52.9 Å². The predicted octanol–water partition coefficient (Wildman–Crippen LogP) is 4.26. The van der Waals surface area contributed by atoms with Gasteiger partial charge in [-0.05, 0) is 24.6 Å². The van der Waals surface area contributed by atoms with Gasteiger partial charge < -0.3 is 10.2 Å². The van der Waals surface area contributed by atoms with Crippen LogP contribution in [0.1, 0.15) is 18.5 Å². The predicted molar refractivity (Wildman–Crippen MR) is 74.2 cm³/mol. The van der Waals surface area contributed by atoms with Crippen LogP contribution < -0.4 is 5.73 Å². The van der Waals surface area contributed by atoms with E-state index in [1.807, 2.05) is 43.3 Å². The zero-order chi connectivity index (χ0) is 13.4. The number of rotatable bonds is 2. The maximum absolute atomic E-state index is 13.7. The van der Waals surface area contributed by atoms with Crippen molar-refractivity contribution in [1.29, 1.82) is 0 Å². The van der Waals surface area contributed by atoms with E-state index in [1.54, 1.807) is 6.07 Å². The molecule has 3 aromatic rings. The molecule has 1 heterocycles. The average Bonchev–Trinajstić information content (AvgIpc) is 2.84. The third-order valence-electron chi connectivity index (χ3n) is 3.21. The maximum atomic E-state index is 13.7. The van der Waals surface area contributed by atoms with E-state index in [1.165, 1.54) is 6.07 Å². The van der Waals surface area contributed by atoms with E-state index in [-0.39, 0.29) is 17.4 Å². The molecule has 0 bridgehead atoms. The molecular weight excluding hydrogens is 241 g/mol. The van der Waals surface area contributed by atoms with Crippen molar-refractivity contribution < 1.29 is 8.81 Å². The van der Waals surface area contributed by atoms with Gasteiger partial charge >= 0.3 is 0 Å². The Morgan fingerprint density at radius 2 is 1.89 bits per heavy atom. The van der Waals surface area contributed by atoms with Crippen molar-refractivity contribution in [1.82, 2.24) is 0 Å². The Labute approximate surface area is 110 Å². The van der Waals surface area contributed by atoms with Crippen LogP contribution in [0.5, 0.6) is 0 Å². The molecular formula is C16H14FNO. The van der Waals surface area contributed by atoms with Crippen LogP contribution in [-0.2, 0) is 0 Å². The summed E-state index contributed by atoms with van der Waals surface area (Å²) in [4.78, 5) is 0. The lowest BCUT2D eigenvalue weighted by molar-refractivity contribution is 0.568. The first kappa shape index (κ1) is 11.9. The first-order chi connectivity index (χ1) is 9.16. The Morgan fingerprint density at radius 3 is 2.63 bits per heavy atom. The summed E-state index contributed by atoms with van der Waals surface area (Å²) in [6.07, 6.45) is 0. The van der Waals surface area contributed by atoms with Gasteiger partial charge in [0.15, 0.2) is 11.4 Å². The molecule has 3 rings (SSSR count). The fourth-order valence-electron chi connectivity index (χ4n) is 2.28. The smallest absolute Gasteiger partial charge is 0.170 e. The van der Waals surface area contributed by atoms with E-state index in [0.717, 1.165) is 16.5 Å². The van der Waals surface area contributed by atoms with Crippen LogP contribution in [0.2, 0.25) is 0 Å². The fraction of sp³-hybridized carbons (Fsp3) is 0.125. The summed E-state index contributed by atoms with van der Waals surface area (Å²) in [6.45, 7) is 1.92. The standard InChI is InChI=1S/C16H14FNO/c1-10(18)12-6-2-3-7-13(12)15-9-11-5-4-8-14(17)16(11)19-15/h2-10H,18H2,1H3. The van der Waals surface area contributed by atoms with Crippen LogP contribution in [0.4, 0.5) is 4.39 Å². The normalized spacial score (nSPS) is 12.8. The van der Waals surface area contributed by atoms with E-state index in [2.05, 4.69) is 0 Å². The second kappa shape index (κ2) is 4.52. The third kappa shape index (κ3) is 2.02. The lowest BCUT2D eigenvalue weighted by Gasteiger charge is -2.10. The van der Waals surface area contributed by atoms with E-state index >= 15 is 0 Å². The summed E-state index contributed by atoms with van der Waals surface area (Å²) in [7, 11) is 0. The molecule has 1 aromatic heterocycles. The van der Waals surface area contributed by atoms with Crippen LogP contribution in [0.3, 0.4) is 0 Å². The Balaban J connectivity index is 2.22. The van der Waals surface area contributed by atoms with Gasteiger partial charge in [0.2, 0.25) is 0 Å². The number of benzene rings is 2. The van der Waals surface area contributed by atoms with Gasteiger partial charge in [0.25, 0.3) is 0 Å². The lowest BCUT2D eigenvalue weighted by atomic mass is 10.0. The second-order valence-electron chi connectivity index (χ2n) is 4.64. The SMILES string of the molecule is CC(N)c1ccccc1-c1cc2cccc(F)c2o1. The zero-order valence-electron chi connectivity index (χ0n) is 10.6. The molecule has 0 radical (unpaired) electrons. The first-order valence-corrected chi connectivity index (χ1v) is 6.20. The average molecular weight is 255 g/mol. The highest BCUT2D eigenvalue weighted by Gasteiger charge is 2.14. The summed E-state index contributed by atoms with van der Waals surface area (Å²) < 4.78 is 19.3. The Hall–Kier alpha value is -2.13. The van der Waals surface area contributed by atoms with Gasteiger partial charge in [-0.3, -0.25) is 0 Å². The number of nitrogens with two attached hydrogens (primary N) is 1. The van der Waals surface area contributed by atoms with Gasteiger partial charge in [-0.1, -0.05) is 36.4 Å². The van der Waals surface area contributed by atoms with Crippen molar-refractivity contribution in [3.05, 3.63) is 59.9 Å². The molecule has 0 fully saturated rings. The van der Waals surface area contributed by atoms with Crippen LogP contribution in [-0.4, -0.2) is 0 Å². The largest absolute Gasteiger partial charge is 0.453 e. The van der Waals surface area contributed by atoms with Crippen molar-refractivity contribution in [2.24, 2.45) is 5.73 Å². The lowest BCUT2D eigenvalue weighted by Crippen LogP contribution is -2.06. The van der Waals surface area contributed by atoms with Crippen molar-refractivity contribution in [2.45, 2.75) is 13.0 Å². The highest BCUT2D eigenvalue weighted by molar-refractivity contribution is 5.83. The molecule has 96 valence electrons. The number of hydrogen-bond donors (Lipinski definition) is 1. The first-order valence-electron chi connectivity index (χ1n) is 6.20. The van der Waals surface area contributed by atoms with Crippen LogP contribution in [0, 0.1) is 5.82 Å². The molecule has 2 N–H and O–H groups in total. The van der Waals surface area contributed by atoms with E-state index < -0.39 is 0 Å². The number of halogens is 1. The number of para-hydroxylation sites is 1. The van der Waals surface area contributed by atoms with Crippen molar-refractivity contribution in [3.8, 4) is 11.3 Å². The summed E-state index contributed by atoms with van der Waals surface area (Å²) in [6, 6.07) is 14.4. The molecule has 2 nitrogen and oxygen atoms in total.